The van der Waals surface area contributed by atoms with Crippen molar-refractivity contribution in [1.82, 2.24) is 15.5 Å². The molecule has 1 amide bonds. The van der Waals surface area contributed by atoms with Crippen molar-refractivity contribution in [1.29, 1.82) is 0 Å². The lowest BCUT2D eigenvalue weighted by atomic mass is 10.0. The number of nitrogens with one attached hydrogen (secondary N) is 2. The van der Waals surface area contributed by atoms with Crippen molar-refractivity contribution in [2.75, 3.05) is 0 Å². The van der Waals surface area contributed by atoms with Crippen molar-refractivity contribution in [3.8, 4) is 0 Å². The molecule has 2 rings (SSSR count). The number of aromatic nitrogens is 2. The van der Waals surface area contributed by atoms with Gasteiger partial charge in [-0.05, 0) is 30.5 Å². The molecule has 0 saturated carbocycles. The Morgan fingerprint density at radius 2 is 2.05 bits per heavy atom. The van der Waals surface area contributed by atoms with E-state index < -0.39 is 17.9 Å². The molecule has 1 aromatic heterocycles. The number of benzene rings is 1. The van der Waals surface area contributed by atoms with Crippen molar-refractivity contribution in [3.05, 3.63) is 29.5 Å². The highest BCUT2D eigenvalue weighted by Crippen LogP contribution is 2.19. The number of fused-ring (bicyclic) bond motifs is 1. The first-order valence-electron chi connectivity index (χ1n) is 6.37. The minimum Gasteiger partial charge on any atom is -0.480 e. The molecule has 20 heavy (non-hydrogen) atoms. The summed E-state index contributed by atoms with van der Waals surface area (Å²) in [4.78, 5) is 23.5. The Morgan fingerprint density at radius 3 is 2.65 bits per heavy atom. The van der Waals surface area contributed by atoms with Crippen LogP contribution in [0.5, 0.6) is 0 Å². The third-order valence-corrected chi connectivity index (χ3v) is 3.16. The maximum absolute atomic E-state index is 12.3. The Morgan fingerprint density at radius 1 is 1.35 bits per heavy atom. The largest absolute Gasteiger partial charge is 0.480 e. The molecule has 6 nitrogen and oxygen atoms in total. The van der Waals surface area contributed by atoms with Crippen molar-refractivity contribution < 1.29 is 14.7 Å². The van der Waals surface area contributed by atoms with Gasteiger partial charge in [-0.15, -0.1) is 0 Å². The van der Waals surface area contributed by atoms with Gasteiger partial charge in [0, 0.05) is 5.39 Å². The molecule has 2 aromatic rings. The molecule has 1 atom stereocenters. The molecule has 0 unspecified atom stereocenters. The standard InChI is InChI=1S/C14H17N3O3/c1-7(2)11(14(19)20)16-13(18)10-5-8(3)4-9-6-15-17-12(9)10/h4-7,11H,1-3H3,(H,15,17)(H,16,18)(H,19,20)/t11-/m1/s1. The van der Waals surface area contributed by atoms with Crippen LogP contribution in [0.4, 0.5) is 0 Å². The van der Waals surface area contributed by atoms with E-state index in [0.717, 1.165) is 10.9 Å². The summed E-state index contributed by atoms with van der Waals surface area (Å²) in [6, 6.07) is 2.71. The van der Waals surface area contributed by atoms with Gasteiger partial charge >= 0.3 is 5.97 Å². The first-order valence-corrected chi connectivity index (χ1v) is 6.37. The average Bonchev–Trinajstić information content (AvgIpc) is 2.81. The van der Waals surface area contributed by atoms with E-state index in [1.54, 1.807) is 26.1 Å². The summed E-state index contributed by atoms with van der Waals surface area (Å²) in [6.07, 6.45) is 1.64. The number of carbonyl (C=O) groups is 2. The SMILES string of the molecule is Cc1cc(C(=O)N[C@@H](C(=O)O)C(C)C)c2[nH]ncc2c1. The highest BCUT2D eigenvalue weighted by Gasteiger charge is 2.25. The van der Waals surface area contributed by atoms with Crippen LogP contribution in [0.15, 0.2) is 18.3 Å². The fraction of sp³-hybridized carbons (Fsp3) is 0.357. The van der Waals surface area contributed by atoms with E-state index in [2.05, 4.69) is 15.5 Å². The maximum atomic E-state index is 12.3. The fourth-order valence-electron chi connectivity index (χ4n) is 2.12. The van der Waals surface area contributed by atoms with Crippen LogP contribution < -0.4 is 5.32 Å². The molecule has 0 bridgehead atoms. The first kappa shape index (κ1) is 14.0. The number of rotatable bonds is 4. The van der Waals surface area contributed by atoms with Crippen LogP contribution in [0.25, 0.3) is 10.9 Å². The quantitative estimate of drug-likeness (QED) is 0.791. The maximum Gasteiger partial charge on any atom is 0.326 e. The second kappa shape index (κ2) is 5.32. The molecule has 6 heteroatoms. The van der Waals surface area contributed by atoms with Crippen LogP contribution in [0, 0.1) is 12.8 Å². The van der Waals surface area contributed by atoms with Crippen molar-refractivity contribution in [2.24, 2.45) is 5.92 Å². The van der Waals surface area contributed by atoms with Crippen LogP contribution in [0.2, 0.25) is 0 Å². The average molecular weight is 275 g/mol. The number of aryl methyl sites for hydroxylation is 1. The van der Waals surface area contributed by atoms with Crippen LogP contribution in [0.3, 0.4) is 0 Å². The van der Waals surface area contributed by atoms with E-state index in [1.807, 2.05) is 13.0 Å². The van der Waals surface area contributed by atoms with Crippen LogP contribution in [-0.4, -0.2) is 33.2 Å². The van der Waals surface area contributed by atoms with E-state index in [4.69, 9.17) is 5.11 Å². The molecule has 0 aliphatic heterocycles. The lowest BCUT2D eigenvalue weighted by molar-refractivity contribution is -0.140. The van der Waals surface area contributed by atoms with Gasteiger partial charge in [-0.25, -0.2) is 4.79 Å². The van der Waals surface area contributed by atoms with Crippen molar-refractivity contribution in [3.63, 3.8) is 0 Å². The molecular weight excluding hydrogens is 258 g/mol. The van der Waals surface area contributed by atoms with E-state index in [9.17, 15) is 9.59 Å². The number of hydrogen-bond donors (Lipinski definition) is 3. The van der Waals surface area contributed by atoms with E-state index in [-0.39, 0.29) is 5.92 Å². The van der Waals surface area contributed by atoms with Gasteiger partial charge < -0.3 is 10.4 Å². The number of carbonyl (C=O) groups excluding carboxylic acids is 1. The molecule has 0 aliphatic carbocycles. The normalized spacial score (nSPS) is 12.6. The molecule has 0 aliphatic rings. The minimum absolute atomic E-state index is 0.196. The molecule has 0 spiro atoms. The van der Waals surface area contributed by atoms with E-state index in [1.165, 1.54) is 0 Å². The second-order valence-corrected chi connectivity index (χ2v) is 5.18. The number of H-pyrrole nitrogens is 1. The number of aromatic amines is 1. The number of amides is 1. The third-order valence-electron chi connectivity index (χ3n) is 3.16. The van der Waals surface area contributed by atoms with Gasteiger partial charge in [0.15, 0.2) is 0 Å². The van der Waals surface area contributed by atoms with Crippen LogP contribution in [-0.2, 0) is 4.79 Å². The highest BCUT2D eigenvalue weighted by molar-refractivity contribution is 6.06. The Labute approximate surface area is 116 Å². The first-order chi connectivity index (χ1) is 9.40. The Kier molecular flexibility index (Phi) is 3.74. The molecule has 1 aromatic carbocycles. The van der Waals surface area contributed by atoms with Crippen molar-refractivity contribution >= 4 is 22.8 Å². The molecule has 0 radical (unpaired) electrons. The summed E-state index contributed by atoms with van der Waals surface area (Å²) < 4.78 is 0. The van der Waals surface area contributed by atoms with Crippen LogP contribution >= 0.6 is 0 Å². The Bertz CT molecular complexity index is 661. The number of hydrogen-bond acceptors (Lipinski definition) is 3. The smallest absolute Gasteiger partial charge is 0.326 e. The number of nitrogens with zero attached hydrogens (tertiary/aromatic N) is 1. The van der Waals surface area contributed by atoms with Gasteiger partial charge in [0.1, 0.15) is 6.04 Å². The van der Waals surface area contributed by atoms with Crippen molar-refractivity contribution in [2.45, 2.75) is 26.8 Å². The summed E-state index contributed by atoms with van der Waals surface area (Å²) in [5, 5.41) is 19.2. The number of carboxylic acid groups (broad SMARTS) is 1. The topological polar surface area (TPSA) is 95.1 Å². The van der Waals surface area contributed by atoms with Gasteiger partial charge in [0.2, 0.25) is 0 Å². The molecular formula is C14H17N3O3. The van der Waals surface area contributed by atoms with Gasteiger partial charge in [0.25, 0.3) is 5.91 Å². The summed E-state index contributed by atoms with van der Waals surface area (Å²) in [7, 11) is 0. The Hall–Kier alpha value is -2.37. The molecule has 3 N–H and O–H groups in total. The van der Waals surface area contributed by atoms with Gasteiger partial charge in [0.05, 0.1) is 17.3 Å². The minimum atomic E-state index is -1.04. The highest BCUT2D eigenvalue weighted by atomic mass is 16.4. The predicted molar refractivity (Wildman–Crippen MR) is 74.6 cm³/mol. The van der Waals surface area contributed by atoms with Gasteiger partial charge in [-0.3, -0.25) is 9.89 Å². The summed E-state index contributed by atoms with van der Waals surface area (Å²) >= 11 is 0. The lowest BCUT2D eigenvalue weighted by Crippen LogP contribution is -2.44. The fourth-order valence-corrected chi connectivity index (χ4v) is 2.12. The lowest BCUT2D eigenvalue weighted by Gasteiger charge is -2.18. The van der Waals surface area contributed by atoms with Crippen LogP contribution in [0.1, 0.15) is 29.8 Å². The third kappa shape index (κ3) is 2.64. The van der Waals surface area contributed by atoms with E-state index >= 15 is 0 Å². The summed E-state index contributed by atoms with van der Waals surface area (Å²) in [5.41, 5.74) is 1.94. The number of aliphatic carboxylic acids is 1. The zero-order valence-electron chi connectivity index (χ0n) is 11.6. The second-order valence-electron chi connectivity index (χ2n) is 5.18. The monoisotopic (exact) mass is 275 g/mol. The summed E-state index contributed by atoms with van der Waals surface area (Å²) in [6.45, 7) is 5.38. The van der Waals surface area contributed by atoms with Gasteiger partial charge in [-0.1, -0.05) is 13.8 Å². The summed E-state index contributed by atoms with van der Waals surface area (Å²) in [5.74, 6) is -1.65. The zero-order valence-corrected chi connectivity index (χ0v) is 11.6. The van der Waals surface area contributed by atoms with E-state index in [0.29, 0.717) is 11.1 Å². The van der Waals surface area contributed by atoms with Gasteiger partial charge in [-0.2, -0.15) is 5.10 Å². The molecule has 0 saturated heterocycles. The molecule has 106 valence electrons. The number of carboxylic acids is 1. The predicted octanol–water partition coefficient (Wildman–Crippen LogP) is 1.71. The Balaban J connectivity index is 2.36. The molecule has 1 heterocycles. The zero-order chi connectivity index (χ0) is 14.9. The molecule has 0 fully saturated rings.